The van der Waals surface area contributed by atoms with E-state index in [0.29, 0.717) is 0 Å². The molecule has 2 atom stereocenters. The van der Waals surface area contributed by atoms with E-state index in [1.54, 1.807) is 27.7 Å². The average Bonchev–Trinajstić information content (AvgIpc) is 3.09. The molecule has 6 heteroatoms. The molecule has 0 amide bonds. The molecular weight excluding hydrogens is 297 g/mol. The van der Waals surface area contributed by atoms with Crippen molar-refractivity contribution in [3.63, 3.8) is 0 Å². The van der Waals surface area contributed by atoms with E-state index in [1.165, 1.54) is 5.29 Å². The fourth-order valence-electron chi connectivity index (χ4n) is 1.90. The van der Waals surface area contributed by atoms with Crippen molar-refractivity contribution in [3.8, 4) is 0 Å². The number of nitrogens with one attached hydrogen (secondary N) is 1. The first kappa shape index (κ1) is 17.7. The largest absolute Gasteiger partial charge is 0.454 e. The molecule has 0 saturated heterocycles. The van der Waals surface area contributed by atoms with Crippen LogP contribution in [0.15, 0.2) is 0 Å². The van der Waals surface area contributed by atoms with Crippen molar-refractivity contribution in [1.29, 1.82) is 0 Å². The maximum Gasteiger partial charge on any atom is 0.376 e. The normalized spacial score (nSPS) is 19.2. The average molecular weight is 322 g/mol. The Kier molecular flexibility index (Phi) is 5.89. The smallest absolute Gasteiger partial charge is 0.376 e. The van der Waals surface area contributed by atoms with Gasteiger partial charge in [0, 0.05) is 6.39 Å². The van der Waals surface area contributed by atoms with Crippen LogP contribution in [-0.4, -0.2) is 34.9 Å². The summed E-state index contributed by atoms with van der Waals surface area (Å²) in [5, 5.41) is 4.54. The molecule has 0 aromatic carbocycles. The number of esters is 1. The van der Waals surface area contributed by atoms with Crippen LogP contribution in [0.1, 0.15) is 53.9 Å². The second kappa shape index (κ2) is 6.64. The minimum absolute atomic E-state index is 0.553. The van der Waals surface area contributed by atoms with E-state index in [9.17, 15) is 9.59 Å². The van der Waals surface area contributed by atoms with Crippen molar-refractivity contribution < 1.29 is 14.3 Å². The fraction of sp³-hybridized carbons (Fsp3) is 0.786. The lowest BCUT2D eigenvalue weighted by atomic mass is 10.2. The minimum atomic E-state index is -1.92. The third-order valence-corrected chi connectivity index (χ3v) is 7.72. The van der Waals surface area contributed by atoms with Crippen LogP contribution < -0.4 is 5.09 Å². The van der Waals surface area contributed by atoms with Crippen LogP contribution in [0.4, 0.5) is 0 Å². The Morgan fingerprint density at radius 2 is 1.95 bits per heavy atom. The molecule has 4 nitrogen and oxygen atoms in total. The van der Waals surface area contributed by atoms with Crippen molar-refractivity contribution >= 4 is 34.7 Å². The first-order valence-electron chi connectivity index (χ1n) is 7.07. The molecule has 1 N–H and O–H groups in total. The van der Waals surface area contributed by atoms with Crippen LogP contribution in [0.5, 0.6) is 0 Å². The first-order chi connectivity index (χ1) is 9.09. The number of hydrogen-bond donors (Lipinski definition) is 1. The Labute approximate surface area is 126 Å². The number of hydrogen-bond acceptors (Lipinski definition) is 4. The monoisotopic (exact) mass is 321 g/mol. The van der Waals surface area contributed by atoms with Gasteiger partial charge in [0.05, 0.1) is 6.04 Å². The molecule has 0 aromatic rings. The van der Waals surface area contributed by atoms with E-state index in [1.807, 2.05) is 0 Å². The molecule has 1 saturated carbocycles. The molecule has 0 bridgehead atoms. The second-order valence-electron chi connectivity index (χ2n) is 6.22. The molecule has 2 unspecified atom stereocenters. The van der Waals surface area contributed by atoms with Gasteiger partial charge in [0.25, 0.3) is 5.78 Å². The van der Waals surface area contributed by atoms with Gasteiger partial charge in [0.15, 0.2) is 0 Å². The SMILES string of the molecule is CCCP(Cl)(NC(C)C(=O)C(=O)OC(C)(C)C)=C1CC1. The van der Waals surface area contributed by atoms with Crippen LogP contribution >= 0.6 is 17.6 Å². The van der Waals surface area contributed by atoms with Gasteiger partial charge in [-0.05, 0) is 58.4 Å². The van der Waals surface area contributed by atoms with E-state index < -0.39 is 29.8 Å². The van der Waals surface area contributed by atoms with Crippen LogP contribution in [0.3, 0.4) is 0 Å². The number of carbonyl (C=O) groups is 2. The van der Waals surface area contributed by atoms with Gasteiger partial charge < -0.3 is 4.74 Å². The Morgan fingerprint density at radius 3 is 2.35 bits per heavy atom. The van der Waals surface area contributed by atoms with Crippen LogP contribution in [-0.2, 0) is 14.3 Å². The lowest BCUT2D eigenvalue weighted by Gasteiger charge is -2.25. The number of halogens is 1. The molecular formula is C14H25ClNO3P. The highest BCUT2D eigenvalue weighted by Crippen LogP contribution is 2.56. The van der Waals surface area contributed by atoms with Gasteiger partial charge >= 0.3 is 5.97 Å². The zero-order valence-electron chi connectivity index (χ0n) is 13.0. The van der Waals surface area contributed by atoms with Gasteiger partial charge in [-0.15, -0.1) is 0 Å². The predicted octanol–water partition coefficient (Wildman–Crippen LogP) is 3.34. The van der Waals surface area contributed by atoms with E-state index in [0.717, 1.165) is 25.4 Å². The summed E-state index contributed by atoms with van der Waals surface area (Å²) in [6.45, 7) is 8.98. The molecule has 116 valence electrons. The number of ether oxygens (including phenoxy) is 1. The predicted molar refractivity (Wildman–Crippen MR) is 85.6 cm³/mol. The zero-order valence-corrected chi connectivity index (χ0v) is 14.6. The van der Waals surface area contributed by atoms with Crippen LogP contribution in [0, 0.1) is 0 Å². The number of Topliss-reactive ketones (excluding diaryl/α,β-unsaturated/α-hetero) is 1. The molecule has 1 rings (SSSR count). The lowest BCUT2D eigenvalue weighted by molar-refractivity contribution is -0.162. The molecule has 0 aliphatic heterocycles. The van der Waals surface area contributed by atoms with Crippen molar-refractivity contribution in [2.45, 2.75) is 65.5 Å². The molecule has 0 spiro atoms. The van der Waals surface area contributed by atoms with E-state index in [2.05, 4.69) is 12.0 Å². The Morgan fingerprint density at radius 1 is 1.40 bits per heavy atom. The molecule has 1 aliphatic rings. The van der Waals surface area contributed by atoms with E-state index in [-0.39, 0.29) is 0 Å². The third kappa shape index (κ3) is 5.23. The number of ketones is 1. The Balaban J connectivity index is 2.71. The van der Waals surface area contributed by atoms with Gasteiger partial charge in [-0.3, -0.25) is 9.88 Å². The molecule has 0 heterocycles. The Bertz CT molecular complexity index is 448. The fourth-order valence-corrected chi connectivity index (χ4v) is 6.15. The minimum Gasteiger partial charge on any atom is -0.454 e. The second-order valence-corrected chi connectivity index (χ2v) is 10.7. The summed E-state index contributed by atoms with van der Waals surface area (Å²) in [4.78, 5) is 23.8. The summed E-state index contributed by atoms with van der Waals surface area (Å²) in [6.07, 6.45) is 1.97. The van der Waals surface area contributed by atoms with Crippen molar-refractivity contribution in [1.82, 2.24) is 5.09 Å². The molecule has 20 heavy (non-hydrogen) atoms. The summed E-state index contributed by atoms with van der Waals surface area (Å²) in [5.74, 6) is -1.35. The summed E-state index contributed by atoms with van der Waals surface area (Å²) >= 11 is 6.67. The van der Waals surface area contributed by atoms with E-state index >= 15 is 0 Å². The summed E-state index contributed by atoms with van der Waals surface area (Å²) < 4.78 is 5.11. The Hall–Kier alpha value is -0.310. The summed E-state index contributed by atoms with van der Waals surface area (Å²) in [5.41, 5.74) is -0.658. The van der Waals surface area contributed by atoms with Gasteiger partial charge in [-0.2, -0.15) is 0 Å². The summed E-state index contributed by atoms with van der Waals surface area (Å²) in [7, 11) is 0. The zero-order chi connectivity index (χ0) is 15.6. The number of carbonyl (C=O) groups excluding carboxylic acids is 2. The molecule has 0 radical (unpaired) electrons. The van der Waals surface area contributed by atoms with Crippen molar-refractivity contribution in [2.24, 2.45) is 0 Å². The van der Waals surface area contributed by atoms with Gasteiger partial charge in [-0.25, -0.2) is 4.79 Å². The highest BCUT2D eigenvalue weighted by Gasteiger charge is 2.33. The molecule has 1 aliphatic carbocycles. The maximum atomic E-state index is 12.1. The summed E-state index contributed by atoms with van der Waals surface area (Å²) in [6, 6.07) is -0.602. The molecule has 0 aromatic heterocycles. The third-order valence-electron chi connectivity index (χ3n) is 2.90. The van der Waals surface area contributed by atoms with Crippen molar-refractivity contribution in [2.75, 3.05) is 6.16 Å². The number of rotatable bonds is 6. The lowest BCUT2D eigenvalue weighted by Crippen LogP contribution is -2.40. The van der Waals surface area contributed by atoms with Gasteiger partial charge in [0.2, 0.25) is 0 Å². The topological polar surface area (TPSA) is 55.4 Å². The first-order valence-corrected chi connectivity index (χ1v) is 9.95. The van der Waals surface area contributed by atoms with Crippen molar-refractivity contribution in [3.05, 3.63) is 0 Å². The van der Waals surface area contributed by atoms with E-state index in [4.69, 9.17) is 16.0 Å². The van der Waals surface area contributed by atoms with Crippen LogP contribution in [0.2, 0.25) is 0 Å². The quantitative estimate of drug-likeness (QED) is 0.463. The standard InChI is InChI=1S/C14H25ClNO3P/c1-6-9-20(15,11-7-8-11)16-10(2)12(17)13(18)19-14(3,4)5/h10,16H,6-9H2,1-5H3. The van der Waals surface area contributed by atoms with Gasteiger partial charge in [-0.1, -0.05) is 18.2 Å². The highest BCUT2D eigenvalue weighted by molar-refractivity contribution is 7.97. The van der Waals surface area contributed by atoms with Gasteiger partial charge in [0.1, 0.15) is 5.60 Å². The van der Waals surface area contributed by atoms with Crippen LogP contribution in [0.25, 0.3) is 0 Å². The maximum absolute atomic E-state index is 12.1. The highest BCUT2D eigenvalue weighted by atomic mass is 35.7. The molecule has 1 fully saturated rings.